The first-order valence-electron chi connectivity index (χ1n) is 6.99. The topological polar surface area (TPSA) is 75.6 Å². The average molecular weight is 271 g/mol. The Balaban J connectivity index is 2.61. The fraction of sp³-hybridized carbons (Fsp3) is 0.857. The second-order valence-electron chi connectivity index (χ2n) is 5.74. The molecule has 5 heteroatoms. The molecular formula is C14H25NO4. The number of methoxy groups -OCH3 is 1. The van der Waals surface area contributed by atoms with Crippen LogP contribution < -0.4 is 5.32 Å². The third-order valence-corrected chi connectivity index (χ3v) is 3.66. The van der Waals surface area contributed by atoms with Gasteiger partial charge in [-0.2, -0.15) is 0 Å². The fourth-order valence-electron chi connectivity index (χ4n) is 2.72. The minimum atomic E-state index is -0.930. The van der Waals surface area contributed by atoms with E-state index in [1.807, 2.05) is 0 Å². The number of carbonyl (C=O) groups excluding carboxylic acids is 1. The Morgan fingerprint density at radius 2 is 1.84 bits per heavy atom. The second kappa shape index (κ2) is 7.48. The van der Waals surface area contributed by atoms with Gasteiger partial charge in [-0.25, -0.2) is 0 Å². The van der Waals surface area contributed by atoms with Gasteiger partial charge in [0.1, 0.15) is 0 Å². The quantitative estimate of drug-likeness (QED) is 0.724. The number of carbonyl (C=O) groups is 2. The van der Waals surface area contributed by atoms with E-state index < -0.39 is 11.5 Å². The van der Waals surface area contributed by atoms with Crippen molar-refractivity contribution < 1.29 is 19.4 Å². The third kappa shape index (κ3) is 5.59. The van der Waals surface area contributed by atoms with Gasteiger partial charge in [0.2, 0.25) is 5.91 Å². The van der Waals surface area contributed by atoms with Crippen LogP contribution in [0.15, 0.2) is 0 Å². The molecule has 0 heterocycles. The molecule has 110 valence electrons. The third-order valence-electron chi connectivity index (χ3n) is 3.66. The first-order chi connectivity index (χ1) is 8.97. The molecule has 0 spiro atoms. The summed E-state index contributed by atoms with van der Waals surface area (Å²) < 4.78 is 5.04. The average Bonchev–Trinajstić information content (AvgIpc) is 2.55. The van der Waals surface area contributed by atoms with Crippen molar-refractivity contribution in [2.45, 2.75) is 57.4 Å². The summed E-state index contributed by atoms with van der Waals surface area (Å²) in [6.07, 6.45) is 6.22. The number of carboxylic acid groups (broad SMARTS) is 1. The van der Waals surface area contributed by atoms with E-state index in [0.717, 1.165) is 25.7 Å². The largest absolute Gasteiger partial charge is 0.481 e. The van der Waals surface area contributed by atoms with Crippen LogP contribution in [-0.2, 0) is 14.3 Å². The van der Waals surface area contributed by atoms with Crippen LogP contribution in [0.1, 0.15) is 51.9 Å². The predicted molar refractivity (Wildman–Crippen MR) is 71.9 cm³/mol. The summed E-state index contributed by atoms with van der Waals surface area (Å²) in [6.45, 7) is 1.93. The SMILES string of the molecule is COCC(C)(CC(=O)O)NC(=O)C1CCCCCC1. The minimum absolute atomic E-state index is 0.0208. The Kier molecular flexibility index (Phi) is 6.28. The summed E-state index contributed by atoms with van der Waals surface area (Å²) in [5, 5.41) is 11.8. The van der Waals surface area contributed by atoms with E-state index in [9.17, 15) is 9.59 Å². The van der Waals surface area contributed by atoms with Crippen molar-refractivity contribution in [3.63, 3.8) is 0 Å². The lowest BCUT2D eigenvalue weighted by Crippen LogP contribution is -2.52. The normalized spacial score (nSPS) is 20.3. The molecule has 0 aliphatic heterocycles. The van der Waals surface area contributed by atoms with Crippen molar-refractivity contribution in [2.24, 2.45) is 5.92 Å². The maximum atomic E-state index is 12.3. The molecule has 1 saturated carbocycles. The van der Waals surface area contributed by atoms with Gasteiger partial charge in [-0.1, -0.05) is 25.7 Å². The van der Waals surface area contributed by atoms with E-state index in [4.69, 9.17) is 9.84 Å². The molecule has 1 atom stereocenters. The van der Waals surface area contributed by atoms with Crippen LogP contribution in [0.25, 0.3) is 0 Å². The van der Waals surface area contributed by atoms with Crippen LogP contribution in [0.2, 0.25) is 0 Å². The molecule has 0 aromatic rings. The van der Waals surface area contributed by atoms with Crippen LogP contribution in [-0.4, -0.2) is 36.2 Å². The smallest absolute Gasteiger partial charge is 0.305 e. The highest BCUT2D eigenvalue weighted by atomic mass is 16.5. The Bertz CT molecular complexity index is 311. The van der Waals surface area contributed by atoms with Gasteiger partial charge in [0.15, 0.2) is 0 Å². The first kappa shape index (κ1) is 16.0. The standard InChI is InChI=1S/C14H25NO4/c1-14(10-19-2,9-12(16)17)15-13(18)11-7-5-3-4-6-8-11/h11H,3-10H2,1-2H3,(H,15,18)(H,16,17). The van der Waals surface area contributed by atoms with E-state index in [1.54, 1.807) is 6.92 Å². The van der Waals surface area contributed by atoms with E-state index >= 15 is 0 Å². The number of rotatable bonds is 6. The van der Waals surface area contributed by atoms with Crippen LogP contribution in [0, 0.1) is 5.92 Å². The van der Waals surface area contributed by atoms with Crippen molar-refractivity contribution in [1.29, 1.82) is 0 Å². The van der Waals surface area contributed by atoms with Gasteiger partial charge in [0.05, 0.1) is 18.6 Å². The molecule has 2 N–H and O–H groups in total. The molecule has 0 radical (unpaired) electrons. The van der Waals surface area contributed by atoms with Gasteiger partial charge in [0, 0.05) is 13.0 Å². The molecule has 1 rings (SSSR count). The maximum Gasteiger partial charge on any atom is 0.305 e. The monoisotopic (exact) mass is 271 g/mol. The number of hydrogen-bond acceptors (Lipinski definition) is 3. The van der Waals surface area contributed by atoms with Gasteiger partial charge < -0.3 is 15.2 Å². The number of hydrogen-bond donors (Lipinski definition) is 2. The highest BCUT2D eigenvalue weighted by molar-refractivity contribution is 5.80. The molecule has 1 aliphatic carbocycles. The Labute approximate surface area is 114 Å². The highest BCUT2D eigenvalue weighted by Crippen LogP contribution is 2.24. The van der Waals surface area contributed by atoms with Gasteiger partial charge in [0.25, 0.3) is 0 Å². The second-order valence-corrected chi connectivity index (χ2v) is 5.74. The minimum Gasteiger partial charge on any atom is -0.481 e. The molecule has 1 amide bonds. The zero-order chi connectivity index (χ0) is 14.3. The van der Waals surface area contributed by atoms with E-state index in [-0.39, 0.29) is 24.9 Å². The molecule has 19 heavy (non-hydrogen) atoms. The number of ether oxygens (including phenoxy) is 1. The van der Waals surface area contributed by atoms with Gasteiger partial charge in [-0.15, -0.1) is 0 Å². The Morgan fingerprint density at radius 3 is 2.32 bits per heavy atom. The van der Waals surface area contributed by atoms with Crippen molar-refractivity contribution in [3.8, 4) is 0 Å². The Hall–Kier alpha value is -1.10. The molecule has 0 aromatic carbocycles. The molecule has 5 nitrogen and oxygen atoms in total. The van der Waals surface area contributed by atoms with Gasteiger partial charge in [-0.3, -0.25) is 9.59 Å². The zero-order valence-corrected chi connectivity index (χ0v) is 11.9. The van der Waals surface area contributed by atoms with E-state index in [1.165, 1.54) is 20.0 Å². The summed E-state index contributed by atoms with van der Waals surface area (Å²) in [7, 11) is 1.51. The van der Waals surface area contributed by atoms with Crippen LogP contribution in [0.3, 0.4) is 0 Å². The number of nitrogens with one attached hydrogen (secondary N) is 1. The summed E-state index contributed by atoms with van der Waals surface area (Å²) in [4.78, 5) is 23.2. The molecular weight excluding hydrogens is 246 g/mol. The lowest BCUT2D eigenvalue weighted by atomic mass is 9.94. The Morgan fingerprint density at radius 1 is 1.26 bits per heavy atom. The van der Waals surface area contributed by atoms with E-state index in [2.05, 4.69) is 5.32 Å². The van der Waals surface area contributed by atoms with Crippen molar-refractivity contribution in [1.82, 2.24) is 5.32 Å². The lowest BCUT2D eigenvalue weighted by molar-refractivity contribution is -0.140. The number of carboxylic acids is 1. The van der Waals surface area contributed by atoms with Crippen LogP contribution >= 0.6 is 0 Å². The van der Waals surface area contributed by atoms with Crippen LogP contribution in [0.4, 0.5) is 0 Å². The summed E-state index contributed by atoms with van der Waals surface area (Å²) in [5.74, 6) is -0.934. The first-order valence-corrected chi connectivity index (χ1v) is 6.99. The molecule has 0 bridgehead atoms. The molecule has 1 unspecified atom stereocenters. The molecule has 1 fully saturated rings. The molecule has 0 aromatic heterocycles. The zero-order valence-electron chi connectivity index (χ0n) is 11.9. The summed E-state index contributed by atoms with van der Waals surface area (Å²) >= 11 is 0. The number of aliphatic carboxylic acids is 1. The number of amides is 1. The van der Waals surface area contributed by atoms with Crippen molar-refractivity contribution >= 4 is 11.9 Å². The fourth-order valence-corrected chi connectivity index (χ4v) is 2.72. The lowest BCUT2D eigenvalue weighted by Gasteiger charge is -2.30. The van der Waals surface area contributed by atoms with Crippen LogP contribution in [0.5, 0.6) is 0 Å². The van der Waals surface area contributed by atoms with Gasteiger partial charge in [-0.05, 0) is 19.8 Å². The molecule has 1 aliphatic rings. The summed E-state index contributed by atoms with van der Waals surface area (Å²) in [5.41, 5.74) is -0.829. The van der Waals surface area contributed by atoms with Crippen molar-refractivity contribution in [2.75, 3.05) is 13.7 Å². The predicted octanol–water partition coefficient (Wildman–Crippen LogP) is 1.95. The summed E-state index contributed by atoms with van der Waals surface area (Å²) in [6, 6.07) is 0. The maximum absolute atomic E-state index is 12.3. The highest BCUT2D eigenvalue weighted by Gasteiger charge is 2.32. The van der Waals surface area contributed by atoms with Gasteiger partial charge >= 0.3 is 5.97 Å². The van der Waals surface area contributed by atoms with E-state index in [0.29, 0.717) is 0 Å². The molecule has 0 saturated heterocycles. The van der Waals surface area contributed by atoms with Crippen molar-refractivity contribution in [3.05, 3.63) is 0 Å².